The van der Waals surface area contributed by atoms with Crippen molar-refractivity contribution in [3.63, 3.8) is 0 Å². The Morgan fingerprint density at radius 3 is 2.43 bits per heavy atom. The van der Waals surface area contributed by atoms with Crippen molar-refractivity contribution < 1.29 is 19.1 Å². The third-order valence-corrected chi connectivity index (χ3v) is 8.88. The van der Waals surface area contributed by atoms with Crippen molar-refractivity contribution in [3.05, 3.63) is 17.5 Å². The molecule has 0 aliphatic carbocycles. The van der Waals surface area contributed by atoms with Gasteiger partial charge in [0.1, 0.15) is 11.7 Å². The lowest BCUT2D eigenvalue weighted by molar-refractivity contribution is -0.182. The van der Waals surface area contributed by atoms with E-state index in [1.165, 1.54) is 0 Å². The molecule has 3 unspecified atom stereocenters. The number of carboxylic acids is 1. The van der Waals surface area contributed by atoms with Crippen molar-refractivity contribution in [2.75, 3.05) is 0 Å². The minimum Gasteiger partial charge on any atom is -0.480 e. The number of hydrogen-bond acceptors (Lipinski definition) is 6. The van der Waals surface area contributed by atoms with Gasteiger partial charge in [-0.05, 0) is 38.4 Å². The number of aryl methyl sites for hydroxylation is 1. The van der Waals surface area contributed by atoms with Gasteiger partial charge in [0.2, 0.25) is 5.91 Å². The molecule has 0 bridgehead atoms. The first-order valence-corrected chi connectivity index (χ1v) is 13.9. The average Bonchev–Trinajstić information content (AvgIpc) is 3.14. The van der Waals surface area contributed by atoms with E-state index in [1.54, 1.807) is 34.6 Å². The van der Waals surface area contributed by atoms with Gasteiger partial charge >= 0.3 is 5.97 Å². The van der Waals surface area contributed by atoms with Crippen molar-refractivity contribution in [2.45, 2.75) is 70.0 Å². The van der Waals surface area contributed by atoms with Crippen LogP contribution in [0.1, 0.15) is 40.3 Å². The number of carbonyl (C=O) groups excluding carboxylic acids is 1. The topological polar surface area (TPSA) is 97.5 Å². The molecule has 3 rings (SSSR count). The van der Waals surface area contributed by atoms with Gasteiger partial charge in [0, 0.05) is 7.05 Å². The molecule has 2 aliphatic rings. The van der Waals surface area contributed by atoms with Crippen LogP contribution in [0.5, 0.6) is 0 Å². The van der Waals surface area contributed by atoms with Crippen LogP contribution in [0.15, 0.2) is 11.8 Å². The number of rotatable bonds is 6. The van der Waals surface area contributed by atoms with Gasteiger partial charge in [-0.25, -0.2) is 4.79 Å². The van der Waals surface area contributed by atoms with Gasteiger partial charge in [-0.2, -0.15) is 0 Å². The van der Waals surface area contributed by atoms with Gasteiger partial charge in [-0.3, -0.25) is 9.48 Å². The van der Waals surface area contributed by atoms with E-state index in [9.17, 15) is 14.7 Å². The van der Waals surface area contributed by atoms with E-state index in [-0.39, 0.29) is 27.9 Å². The molecular formula is C20H32N4O4SSi. The summed E-state index contributed by atoms with van der Waals surface area (Å²) in [5, 5.41) is 17.4. The van der Waals surface area contributed by atoms with Crippen LogP contribution >= 0.6 is 11.8 Å². The fourth-order valence-corrected chi connectivity index (χ4v) is 7.72. The number of β-lactam (4-membered cyclic amide) rings is 1. The second-order valence-corrected chi connectivity index (χ2v) is 13.3. The summed E-state index contributed by atoms with van der Waals surface area (Å²) in [4.78, 5) is 27.0. The zero-order valence-corrected chi connectivity index (χ0v) is 20.9. The maximum absolute atomic E-state index is 13.3. The number of carboxylic acid groups (broad SMARTS) is 1. The summed E-state index contributed by atoms with van der Waals surface area (Å²) in [5.74, 6) is -1.47. The Balaban J connectivity index is 1.95. The van der Waals surface area contributed by atoms with Crippen LogP contribution in [0.2, 0.25) is 13.1 Å². The van der Waals surface area contributed by atoms with Crippen LogP contribution in [0.25, 0.3) is 6.08 Å². The molecule has 166 valence electrons. The summed E-state index contributed by atoms with van der Waals surface area (Å²) in [5.41, 5.74) is 0.619. The molecule has 0 aromatic carbocycles. The van der Waals surface area contributed by atoms with Gasteiger partial charge in [-0.15, -0.1) is 16.9 Å². The first-order valence-electron chi connectivity index (χ1n) is 10.2. The third-order valence-electron chi connectivity index (χ3n) is 6.21. The van der Waals surface area contributed by atoms with Gasteiger partial charge < -0.3 is 14.4 Å². The van der Waals surface area contributed by atoms with Crippen LogP contribution in [-0.2, 0) is 21.1 Å². The van der Waals surface area contributed by atoms with Gasteiger partial charge in [0.05, 0.1) is 28.3 Å². The number of nitrogens with zero attached hydrogens (tertiary/aromatic N) is 4. The Labute approximate surface area is 183 Å². The molecular weight excluding hydrogens is 420 g/mol. The van der Waals surface area contributed by atoms with Crippen LogP contribution in [-0.4, -0.2) is 68.2 Å². The van der Waals surface area contributed by atoms with Crippen molar-refractivity contribution in [1.29, 1.82) is 0 Å². The van der Waals surface area contributed by atoms with E-state index in [0.717, 1.165) is 5.57 Å². The molecule has 0 radical (unpaired) electrons. The highest BCUT2D eigenvalue weighted by Crippen LogP contribution is 2.57. The summed E-state index contributed by atoms with van der Waals surface area (Å²) in [6.07, 6.45) is 3.63. The van der Waals surface area contributed by atoms with Crippen molar-refractivity contribution in [2.24, 2.45) is 18.4 Å². The Morgan fingerprint density at radius 1 is 1.33 bits per heavy atom. The van der Waals surface area contributed by atoms with E-state index >= 15 is 0 Å². The minimum atomic E-state index is -1.44. The Bertz CT molecular complexity index is 880. The first-order chi connectivity index (χ1) is 13.8. The zero-order chi connectivity index (χ0) is 22.6. The minimum absolute atomic E-state index is 0.123. The Kier molecular flexibility index (Phi) is 5.98. The number of aromatic nitrogens is 3. The highest BCUT2D eigenvalue weighted by Gasteiger charge is 2.67. The Hall–Kier alpha value is -1.65. The molecule has 30 heavy (non-hydrogen) atoms. The lowest BCUT2D eigenvalue weighted by atomic mass is 9.66. The maximum atomic E-state index is 13.3. The van der Waals surface area contributed by atoms with Crippen LogP contribution < -0.4 is 0 Å². The molecule has 0 spiro atoms. The maximum Gasteiger partial charge on any atom is 0.327 e. The summed E-state index contributed by atoms with van der Waals surface area (Å²) >= 11 is 1.55. The second kappa shape index (κ2) is 7.80. The van der Waals surface area contributed by atoms with E-state index in [1.807, 2.05) is 19.9 Å². The fourth-order valence-electron chi connectivity index (χ4n) is 4.36. The number of thioether (sulfide) groups is 1. The number of hydrogen-bond donors (Lipinski definition) is 1. The van der Waals surface area contributed by atoms with E-state index in [4.69, 9.17) is 4.43 Å². The summed E-state index contributed by atoms with van der Waals surface area (Å²) < 4.78 is 8.07. The summed E-state index contributed by atoms with van der Waals surface area (Å²) in [6, 6.07) is -0.891. The van der Waals surface area contributed by atoms with E-state index in [0.29, 0.717) is 5.69 Å². The third kappa shape index (κ3) is 3.73. The summed E-state index contributed by atoms with van der Waals surface area (Å²) in [6.45, 7) is 14.4. The predicted octanol–water partition coefficient (Wildman–Crippen LogP) is 2.38. The quantitative estimate of drug-likeness (QED) is 0.523. The molecule has 5 atom stereocenters. The lowest BCUT2D eigenvalue weighted by Gasteiger charge is -2.56. The van der Waals surface area contributed by atoms with Crippen molar-refractivity contribution in [3.8, 4) is 0 Å². The molecule has 1 aromatic rings. The molecule has 10 heteroatoms. The lowest BCUT2D eigenvalue weighted by Crippen LogP contribution is -2.71. The van der Waals surface area contributed by atoms with Crippen LogP contribution in [0.3, 0.4) is 0 Å². The second-order valence-electron chi connectivity index (χ2n) is 9.68. The molecule has 1 N–H and O–H groups in total. The molecule has 2 saturated heterocycles. The van der Waals surface area contributed by atoms with Crippen LogP contribution in [0, 0.1) is 11.3 Å². The highest BCUT2D eigenvalue weighted by atomic mass is 32.2. The number of fused-ring (bicyclic) bond motifs is 1. The Morgan fingerprint density at radius 2 is 1.97 bits per heavy atom. The SMILES string of the molecule is C/C(=C\c1cn(C)nn1)C1S[C@@H]2[C@@H](C(C)(O[SiH](C)C)C(C)(C)C)C(=O)N2C1C(=O)O. The van der Waals surface area contributed by atoms with Gasteiger partial charge in [0.15, 0.2) is 9.04 Å². The fraction of sp³-hybridized carbons (Fsp3) is 0.700. The average molecular weight is 453 g/mol. The molecule has 3 heterocycles. The smallest absolute Gasteiger partial charge is 0.327 e. The predicted molar refractivity (Wildman–Crippen MR) is 119 cm³/mol. The molecule has 8 nitrogen and oxygen atoms in total. The van der Waals surface area contributed by atoms with Crippen molar-refractivity contribution >= 4 is 38.8 Å². The van der Waals surface area contributed by atoms with E-state index in [2.05, 4.69) is 44.2 Å². The molecule has 2 aliphatic heterocycles. The molecule has 0 saturated carbocycles. The zero-order valence-electron chi connectivity index (χ0n) is 18.9. The van der Waals surface area contributed by atoms with E-state index < -0.39 is 26.7 Å². The number of carbonyl (C=O) groups is 2. The van der Waals surface area contributed by atoms with Crippen molar-refractivity contribution in [1.82, 2.24) is 19.9 Å². The first kappa shape index (κ1) is 23.0. The summed E-state index contributed by atoms with van der Waals surface area (Å²) in [7, 11) is 0.344. The normalized spacial score (nSPS) is 29.0. The standard InChI is InChI=1S/C20H32N4O4SSi/c1-11(9-12-10-23(6)22-21-12)15-14(18(26)27)24-16(25)13(17(24)29-15)20(5,19(2,3)4)28-30(7)8/h9-10,13-15,17,30H,1-8H3,(H,26,27)/b11-9+/t13-,14?,15?,17+,20?/m0/s1. The molecule has 1 amide bonds. The molecule has 2 fully saturated rings. The van der Waals surface area contributed by atoms with Gasteiger partial charge in [0.25, 0.3) is 0 Å². The largest absolute Gasteiger partial charge is 0.480 e. The molecule has 1 aromatic heterocycles. The van der Waals surface area contributed by atoms with Crippen LogP contribution in [0.4, 0.5) is 0 Å². The highest BCUT2D eigenvalue weighted by molar-refractivity contribution is 8.01. The number of aliphatic carboxylic acids is 1. The monoisotopic (exact) mass is 452 g/mol. The van der Waals surface area contributed by atoms with Gasteiger partial charge in [-0.1, -0.05) is 31.6 Å². The number of amides is 1.